The van der Waals surface area contributed by atoms with Gasteiger partial charge in [0.05, 0.1) is 20.7 Å². The van der Waals surface area contributed by atoms with E-state index in [1.54, 1.807) is 0 Å². The third-order valence-corrected chi connectivity index (χ3v) is 6.64. The minimum absolute atomic E-state index is 1.23. The van der Waals surface area contributed by atoms with Crippen molar-refractivity contribution in [3.63, 3.8) is 0 Å². The normalized spacial score (nSPS) is 12.0. The van der Waals surface area contributed by atoms with E-state index in [-0.39, 0.29) is 0 Å². The van der Waals surface area contributed by atoms with E-state index in [2.05, 4.69) is 114 Å². The maximum atomic E-state index is 2.38. The molecule has 1 aromatic heterocycles. The molecular formula is C27H18NS+. The van der Waals surface area contributed by atoms with Gasteiger partial charge in [-0.15, -0.1) is 0 Å². The molecule has 0 fully saturated rings. The fourth-order valence-electron chi connectivity index (χ4n) is 4.26. The van der Waals surface area contributed by atoms with Crippen LogP contribution in [-0.4, -0.2) is 0 Å². The van der Waals surface area contributed by atoms with Gasteiger partial charge < -0.3 is 0 Å². The van der Waals surface area contributed by atoms with Crippen molar-refractivity contribution < 1.29 is 4.57 Å². The molecule has 1 nitrogen and oxygen atoms in total. The Morgan fingerprint density at radius 3 is 2.00 bits per heavy atom. The van der Waals surface area contributed by atoms with Crippen molar-refractivity contribution in [2.24, 2.45) is 0 Å². The fourth-order valence-corrected chi connectivity index (χ4v) is 5.37. The summed E-state index contributed by atoms with van der Waals surface area (Å²) in [5.41, 5.74) is 7.57. The van der Waals surface area contributed by atoms with Crippen LogP contribution in [0.15, 0.2) is 119 Å². The van der Waals surface area contributed by atoms with Gasteiger partial charge in [-0.3, -0.25) is 0 Å². The van der Waals surface area contributed by atoms with Crippen LogP contribution in [0.2, 0.25) is 0 Å². The van der Waals surface area contributed by atoms with Crippen molar-refractivity contribution in [3.8, 4) is 27.9 Å². The summed E-state index contributed by atoms with van der Waals surface area (Å²) in [7, 11) is 0. The maximum Gasteiger partial charge on any atom is 0.233 e. The molecule has 0 aliphatic carbocycles. The van der Waals surface area contributed by atoms with Crippen molar-refractivity contribution in [3.05, 3.63) is 109 Å². The van der Waals surface area contributed by atoms with Crippen molar-refractivity contribution in [1.82, 2.24) is 0 Å². The first-order valence-electron chi connectivity index (χ1n) is 9.80. The van der Waals surface area contributed by atoms with Gasteiger partial charge in [0.1, 0.15) is 0 Å². The standard InChI is InChI=1S/C27H18NS/c1-3-10-19(11-4-1)22-18-28-23-15-7-8-16-24(23)29-25-17-9-14-21(27(25)28)26(22)20-12-5-2-6-13-20/h1-18H/q+1. The van der Waals surface area contributed by atoms with Crippen molar-refractivity contribution in [2.45, 2.75) is 9.79 Å². The highest BCUT2D eigenvalue weighted by atomic mass is 32.2. The first-order valence-corrected chi connectivity index (χ1v) is 10.6. The summed E-state index contributed by atoms with van der Waals surface area (Å²) in [5.74, 6) is 0. The number of hydrogen-bond donors (Lipinski definition) is 0. The number of hydrogen-bond acceptors (Lipinski definition) is 1. The average molecular weight is 389 g/mol. The summed E-state index contributed by atoms with van der Waals surface area (Å²) < 4.78 is 2.38. The third kappa shape index (κ3) is 2.60. The lowest BCUT2D eigenvalue weighted by Crippen LogP contribution is -2.34. The summed E-state index contributed by atoms with van der Waals surface area (Å²) in [6.07, 6.45) is 2.32. The van der Waals surface area contributed by atoms with E-state index in [4.69, 9.17) is 0 Å². The van der Waals surface area contributed by atoms with Crippen LogP contribution in [-0.2, 0) is 0 Å². The van der Waals surface area contributed by atoms with E-state index < -0.39 is 0 Å². The lowest BCUT2D eigenvalue weighted by Gasteiger charge is -2.18. The van der Waals surface area contributed by atoms with Gasteiger partial charge in [0.25, 0.3) is 0 Å². The first kappa shape index (κ1) is 16.6. The lowest BCUT2D eigenvalue weighted by atomic mass is 9.92. The van der Waals surface area contributed by atoms with Gasteiger partial charge in [-0.25, -0.2) is 0 Å². The van der Waals surface area contributed by atoms with Crippen LogP contribution in [0.3, 0.4) is 0 Å². The van der Waals surface area contributed by atoms with Crippen molar-refractivity contribution in [2.75, 3.05) is 0 Å². The largest absolute Gasteiger partial charge is 0.233 e. The van der Waals surface area contributed by atoms with Gasteiger partial charge in [-0.1, -0.05) is 90.6 Å². The van der Waals surface area contributed by atoms with Crippen LogP contribution in [0.1, 0.15) is 0 Å². The quantitative estimate of drug-likeness (QED) is 0.291. The summed E-state index contributed by atoms with van der Waals surface area (Å²) >= 11 is 1.86. The number of pyridine rings is 1. The van der Waals surface area contributed by atoms with E-state index in [0.29, 0.717) is 0 Å². The number of fused-ring (bicyclic) bond motifs is 2. The second-order valence-electron chi connectivity index (χ2n) is 7.24. The fraction of sp³-hybridized carbons (Fsp3) is 0. The maximum absolute atomic E-state index is 2.38. The molecule has 0 N–H and O–H groups in total. The number of aromatic nitrogens is 1. The van der Waals surface area contributed by atoms with E-state index in [9.17, 15) is 0 Å². The molecule has 1 aliphatic heterocycles. The first-order chi connectivity index (χ1) is 14.4. The molecule has 0 spiro atoms. The zero-order chi connectivity index (χ0) is 19.2. The predicted molar refractivity (Wildman–Crippen MR) is 120 cm³/mol. The lowest BCUT2D eigenvalue weighted by molar-refractivity contribution is -0.571. The number of benzene rings is 4. The monoisotopic (exact) mass is 388 g/mol. The van der Waals surface area contributed by atoms with Crippen LogP contribution in [0.4, 0.5) is 0 Å². The van der Waals surface area contributed by atoms with Crippen LogP contribution >= 0.6 is 11.8 Å². The summed E-state index contributed by atoms with van der Waals surface area (Å²) in [4.78, 5) is 2.60. The Balaban J connectivity index is 1.80. The number of rotatable bonds is 2. The molecule has 29 heavy (non-hydrogen) atoms. The summed E-state index contributed by atoms with van der Waals surface area (Å²) in [6.45, 7) is 0. The molecule has 0 saturated heterocycles. The molecule has 4 aromatic carbocycles. The van der Waals surface area contributed by atoms with Crippen LogP contribution in [0.5, 0.6) is 0 Å². The van der Waals surface area contributed by atoms with Gasteiger partial charge in [0.2, 0.25) is 11.2 Å². The molecule has 6 rings (SSSR count). The molecule has 0 atom stereocenters. The predicted octanol–water partition coefficient (Wildman–Crippen LogP) is 6.92. The van der Waals surface area contributed by atoms with Gasteiger partial charge in [-0.2, -0.15) is 4.57 Å². The Hall–Kier alpha value is -3.36. The van der Waals surface area contributed by atoms with Crippen molar-refractivity contribution >= 4 is 22.7 Å². The van der Waals surface area contributed by atoms with Gasteiger partial charge >= 0.3 is 0 Å². The molecular weight excluding hydrogens is 370 g/mol. The molecule has 136 valence electrons. The van der Waals surface area contributed by atoms with E-state index in [1.807, 2.05) is 11.8 Å². The number of para-hydroxylation sites is 2. The Morgan fingerprint density at radius 2 is 1.21 bits per heavy atom. The van der Waals surface area contributed by atoms with Crippen LogP contribution in [0.25, 0.3) is 38.8 Å². The Bertz CT molecular complexity index is 1360. The third-order valence-electron chi connectivity index (χ3n) is 5.53. The highest BCUT2D eigenvalue weighted by Gasteiger charge is 2.30. The minimum Gasteiger partial charge on any atom is -0.157 e. The molecule has 0 bridgehead atoms. The summed E-state index contributed by atoms with van der Waals surface area (Å²) in [6, 6.07) is 36.8. The molecule has 1 aliphatic rings. The second kappa shape index (κ2) is 6.61. The SMILES string of the molecule is c1ccc(-c2c[n+]3c4c(cccc4c2-c2ccccc2)Sc2ccccc2-3)cc1. The molecule has 2 heteroatoms. The van der Waals surface area contributed by atoms with Gasteiger partial charge in [0, 0.05) is 11.6 Å². The molecule has 5 aromatic rings. The molecule has 2 heterocycles. The van der Waals surface area contributed by atoms with E-state index in [1.165, 1.54) is 48.6 Å². The van der Waals surface area contributed by atoms with E-state index in [0.717, 1.165) is 0 Å². The summed E-state index contributed by atoms with van der Waals surface area (Å²) in [5, 5.41) is 1.29. The topological polar surface area (TPSA) is 3.88 Å². The molecule has 0 saturated carbocycles. The minimum atomic E-state index is 1.23. The van der Waals surface area contributed by atoms with Gasteiger partial charge in [-0.05, 0) is 29.3 Å². The Kier molecular flexibility index (Phi) is 3.78. The Labute approximate surface area is 174 Å². The number of nitrogens with zero attached hydrogens (tertiary/aromatic N) is 1. The van der Waals surface area contributed by atoms with Crippen molar-refractivity contribution in [1.29, 1.82) is 0 Å². The zero-order valence-electron chi connectivity index (χ0n) is 15.7. The zero-order valence-corrected chi connectivity index (χ0v) is 16.6. The van der Waals surface area contributed by atoms with E-state index >= 15 is 0 Å². The highest BCUT2D eigenvalue weighted by molar-refractivity contribution is 7.99. The molecule has 0 amide bonds. The Morgan fingerprint density at radius 1 is 0.552 bits per heavy atom. The van der Waals surface area contributed by atoms with Crippen LogP contribution in [0, 0.1) is 0 Å². The molecule has 0 radical (unpaired) electrons. The second-order valence-corrected chi connectivity index (χ2v) is 8.33. The van der Waals surface area contributed by atoms with Gasteiger partial charge in [0.15, 0.2) is 6.20 Å². The van der Waals surface area contributed by atoms with Crippen LogP contribution < -0.4 is 4.57 Å². The highest BCUT2D eigenvalue weighted by Crippen LogP contribution is 2.43. The average Bonchev–Trinajstić information content (AvgIpc) is 2.80. The smallest absolute Gasteiger partial charge is 0.157 e. The molecule has 0 unspecified atom stereocenters.